The second kappa shape index (κ2) is 7.77. The van der Waals surface area contributed by atoms with Crippen molar-refractivity contribution in [3.8, 4) is 22.9 Å². The summed E-state index contributed by atoms with van der Waals surface area (Å²) in [6.07, 6.45) is 6.67. The number of ether oxygens (including phenoxy) is 1. The van der Waals surface area contributed by atoms with E-state index in [0.29, 0.717) is 23.2 Å². The monoisotopic (exact) mass is 350 g/mol. The Morgan fingerprint density at radius 1 is 1.15 bits per heavy atom. The summed E-state index contributed by atoms with van der Waals surface area (Å²) in [7, 11) is 0. The van der Waals surface area contributed by atoms with Crippen LogP contribution in [0, 0.1) is 0 Å². The molecule has 3 aromatic rings. The van der Waals surface area contributed by atoms with Crippen LogP contribution in [0.5, 0.6) is 11.5 Å². The summed E-state index contributed by atoms with van der Waals surface area (Å²) in [5.41, 5.74) is 1.76. The maximum absolute atomic E-state index is 10.3. The van der Waals surface area contributed by atoms with Crippen LogP contribution in [-0.4, -0.2) is 25.9 Å². The molecule has 0 fully saturated rings. The van der Waals surface area contributed by atoms with Gasteiger partial charge in [0.15, 0.2) is 0 Å². The van der Waals surface area contributed by atoms with E-state index in [2.05, 4.69) is 45.6 Å². The Labute approximate surface area is 152 Å². The molecule has 26 heavy (non-hydrogen) atoms. The smallest absolute Gasteiger partial charge is 0.315 e. The summed E-state index contributed by atoms with van der Waals surface area (Å²) in [6.45, 7) is 7.16. The van der Waals surface area contributed by atoms with Crippen molar-refractivity contribution in [1.29, 1.82) is 0 Å². The van der Waals surface area contributed by atoms with Crippen molar-refractivity contribution in [3.05, 3.63) is 48.7 Å². The zero-order chi connectivity index (χ0) is 18.5. The quantitative estimate of drug-likeness (QED) is 0.656. The molecule has 0 spiro atoms. The zero-order valence-corrected chi connectivity index (χ0v) is 14.9. The van der Waals surface area contributed by atoms with Gasteiger partial charge in [0.1, 0.15) is 23.1 Å². The van der Waals surface area contributed by atoms with Crippen molar-refractivity contribution in [2.75, 3.05) is 5.32 Å². The number of rotatable bonds is 7. The molecule has 0 saturated heterocycles. The third-order valence-corrected chi connectivity index (χ3v) is 3.86. The van der Waals surface area contributed by atoms with Gasteiger partial charge in [-0.3, -0.25) is 9.78 Å². The van der Waals surface area contributed by atoms with Crippen molar-refractivity contribution in [3.63, 3.8) is 0 Å². The standard InChI is InChI=1S/C19H20N5O2/c1-4-24-17(11-22-19(24)13(2)3)16-9-14(7-8-20-16)26-15-5-6-18(21-10-15)23-12-25/h5-11,13H,4H2,1-3H3,(H,21,23,25). The van der Waals surface area contributed by atoms with E-state index >= 15 is 0 Å². The van der Waals surface area contributed by atoms with Crippen LogP contribution >= 0.6 is 0 Å². The normalized spacial score (nSPS) is 10.8. The van der Waals surface area contributed by atoms with Crippen LogP contribution in [0.1, 0.15) is 32.5 Å². The Morgan fingerprint density at radius 2 is 2.00 bits per heavy atom. The molecule has 0 bridgehead atoms. The van der Waals surface area contributed by atoms with Crippen LogP contribution in [0.25, 0.3) is 11.4 Å². The minimum Gasteiger partial charge on any atom is -0.456 e. The Morgan fingerprint density at radius 3 is 2.65 bits per heavy atom. The van der Waals surface area contributed by atoms with Gasteiger partial charge in [-0.25, -0.2) is 9.97 Å². The maximum Gasteiger partial charge on any atom is 0.315 e. The van der Waals surface area contributed by atoms with Gasteiger partial charge in [-0.1, -0.05) is 13.8 Å². The fraction of sp³-hybridized carbons (Fsp3) is 0.263. The third-order valence-electron chi connectivity index (χ3n) is 3.86. The van der Waals surface area contributed by atoms with Crippen LogP contribution in [-0.2, 0) is 11.3 Å². The highest BCUT2D eigenvalue weighted by molar-refractivity contribution is 5.69. The lowest BCUT2D eigenvalue weighted by Crippen LogP contribution is -2.05. The van der Waals surface area contributed by atoms with Crippen LogP contribution in [0.4, 0.5) is 5.82 Å². The van der Waals surface area contributed by atoms with Crippen LogP contribution in [0.2, 0.25) is 0 Å². The van der Waals surface area contributed by atoms with Crippen molar-refractivity contribution in [2.45, 2.75) is 33.2 Å². The van der Waals surface area contributed by atoms with Gasteiger partial charge < -0.3 is 14.6 Å². The van der Waals surface area contributed by atoms with E-state index in [1.165, 1.54) is 6.20 Å². The predicted octanol–water partition coefficient (Wildman–Crippen LogP) is 3.75. The molecule has 7 nitrogen and oxygen atoms in total. The molecule has 3 heterocycles. The first-order valence-corrected chi connectivity index (χ1v) is 8.41. The molecular weight excluding hydrogens is 330 g/mol. The molecule has 1 radical (unpaired) electrons. The number of hydrogen-bond acceptors (Lipinski definition) is 5. The summed E-state index contributed by atoms with van der Waals surface area (Å²) >= 11 is 0. The SMILES string of the molecule is CCn1c(-c2cc(Oc3ccc(N[C]=O)nc3)ccn2)cnc1C(C)C. The number of nitrogens with zero attached hydrogens (tertiary/aromatic N) is 4. The number of amides is 1. The number of pyridine rings is 2. The average Bonchev–Trinajstić information content (AvgIpc) is 3.08. The topological polar surface area (TPSA) is 81.9 Å². The van der Waals surface area contributed by atoms with Gasteiger partial charge in [0, 0.05) is 24.7 Å². The van der Waals surface area contributed by atoms with E-state index in [0.717, 1.165) is 23.8 Å². The second-order valence-corrected chi connectivity index (χ2v) is 5.99. The highest BCUT2D eigenvalue weighted by Gasteiger charge is 2.14. The van der Waals surface area contributed by atoms with Crippen LogP contribution in [0.3, 0.4) is 0 Å². The molecule has 1 amide bonds. The highest BCUT2D eigenvalue weighted by Crippen LogP contribution is 2.27. The Kier molecular flexibility index (Phi) is 5.26. The Hall–Kier alpha value is -3.22. The minimum absolute atomic E-state index is 0.338. The second-order valence-electron chi connectivity index (χ2n) is 5.99. The van der Waals surface area contributed by atoms with Gasteiger partial charge in [0.25, 0.3) is 0 Å². The lowest BCUT2D eigenvalue weighted by Gasteiger charge is -2.12. The fourth-order valence-corrected chi connectivity index (χ4v) is 2.71. The summed E-state index contributed by atoms with van der Waals surface area (Å²) in [6, 6.07) is 7.02. The van der Waals surface area contributed by atoms with Crippen LogP contribution in [0.15, 0.2) is 42.9 Å². The number of hydrogen-bond donors (Lipinski definition) is 1. The lowest BCUT2D eigenvalue weighted by atomic mass is 10.2. The van der Waals surface area contributed by atoms with E-state index < -0.39 is 0 Å². The number of imidazole rings is 1. The molecule has 0 aromatic carbocycles. The van der Waals surface area contributed by atoms with Crippen molar-refractivity contribution >= 4 is 12.2 Å². The number of aromatic nitrogens is 4. The van der Waals surface area contributed by atoms with Gasteiger partial charge in [-0.15, -0.1) is 0 Å². The molecule has 7 heteroatoms. The Balaban J connectivity index is 1.86. The largest absolute Gasteiger partial charge is 0.456 e. The highest BCUT2D eigenvalue weighted by atomic mass is 16.5. The first kappa shape index (κ1) is 17.6. The molecule has 0 unspecified atom stereocenters. The van der Waals surface area contributed by atoms with E-state index in [1.54, 1.807) is 30.8 Å². The summed E-state index contributed by atoms with van der Waals surface area (Å²) < 4.78 is 8.00. The van der Waals surface area contributed by atoms with Crippen molar-refractivity contribution in [1.82, 2.24) is 19.5 Å². The number of carbonyl (C=O) groups excluding carboxylic acids is 1. The Bertz CT molecular complexity index is 887. The molecule has 133 valence electrons. The molecule has 0 aliphatic rings. The summed E-state index contributed by atoms with van der Waals surface area (Å²) in [5.74, 6) is 3.00. The molecule has 0 aliphatic carbocycles. The van der Waals surface area contributed by atoms with Gasteiger partial charge in [0.05, 0.1) is 23.8 Å². The average molecular weight is 350 g/mol. The third kappa shape index (κ3) is 3.72. The van der Waals surface area contributed by atoms with Gasteiger partial charge in [-0.05, 0) is 25.1 Å². The van der Waals surface area contributed by atoms with Crippen LogP contribution < -0.4 is 10.1 Å². The van der Waals surface area contributed by atoms with Gasteiger partial charge in [0.2, 0.25) is 0 Å². The molecule has 3 aromatic heterocycles. The van der Waals surface area contributed by atoms with E-state index in [4.69, 9.17) is 4.74 Å². The maximum atomic E-state index is 10.3. The molecule has 1 N–H and O–H groups in total. The van der Waals surface area contributed by atoms with Crippen molar-refractivity contribution < 1.29 is 9.53 Å². The van der Waals surface area contributed by atoms with Gasteiger partial charge in [-0.2, -0.15) is 0 Å². The predicted molar refractivity (Wildman–Crippen MR) is 98.8 cm³/mol. The fourth-order valence-electron chi connectivity index (χ4n) is 2.71. The van der Waals surface area contributed by atoms with Crippen molar-refractivity contribution in [2.24, 2.45) is 0 Å². The summed E-state index contributed by atoms with van der Waals surface area (Å²) in [5, 5.41) is 2.36. The van der Waals surface area contributed by atoms with E-state index in [9.17, 15) is 4.79 Å². The van der Waals surface area contributed by atoms with Gasteiger partial charge >= 0.3 is 6.41 Å². The molecule has 0 atom stereocenters. The summed E-state index contributed by atoms with van der Waals surface area (Å²) in [4.78, 5) is 23.4. The molecule has 0 saturated carbocycles. The number of anilines is 1. The first-order valence-electron chi connectivity index (χ1n) is 8.41. The zero-order valence-electron chi connectivity index (χ0n) is 14.9. The van der Waals surface area contributed by atoms with E-state index in [1.807, 2.05) is 12.3 Å². The molecular formula is C19H20N5O2. The lowest BCUT2D eigenvalue weighted by molar-refractivity contribution is 0.480. The molecule has 3 rings (SSSR count). The molecule has 0 aliphatic heterocycles. The first-order chi connectivity index (χ1) is 12.6. The van der Waals surface area contributed by atoms with E-state index in [-0.39, 0.29) is 0 Å². The minimum atomic E-state index is 0.338. The number of nitrogens with one attached hydrogen (secondary N) is 1.